The number of aromatic nitrogens is 3. The highest BCUT2D eigenvalue weighted by Crippen LogP contribution is 2.30. The van der Waals surface area contributed by atoms with Crippen molar-refractivity contribution in [3.8, 4) is 11.3 Å². The van der Waals surface area contributed by atoms with E-state index in [-0.39, 0.29) is 0 Å². The van der Waals surface area contributed by atoms with Gasteiger partial charge in [-0.3, -0.25) is 4.40 Å². The average Bonchev–Trinajstić information content (AvgIpc) is 3.08. The van der Waals surface area contributed by atoms with Crippen molar-refractivity contribution in [1.29, 1.82) is 0 Å². The monoisotopic (exact) mass is 317 g/mol. The molecule has 23 heavy (non-hydrogen) atoms. The third-order valence-corrected chi connectivity index (χ3v) is 4.70. The predicted molar refractivity (Wildman–Crippen MR) is 93.7 cm³/mol. The molecule has 112 valence electrons. The first-order valence-corrected chi connectivity index (χ1v) is 8.25. The maximum Gasteiger partial charge on any atom is 0.164 e. The molecule has 4 aromatic rings. The van der Waals surface area contributed by atoms with Gasteiger partial charge in [0.05, 0.1) is 6.20 Å². The molecule has 0 fully saturated rings. The Hall–Kier alpha value is -2.59. The molecule has 0 spiro atoms. The highest BCUT2D eigenvalue weighted by Gasteiger charge is 2.11. The number of benzene rings is 2. The van der Waals surface area contributed by atoms with Crippen molar-refractivity contribution in [3.05, 3.63) is 78.8 Å². The van der Waals surface area contributed by atoms with Crippen molar-refractivity contribution in [1.82, 2.24) is 14.4 Å². The van der Waals surface area contributed by atoms with Crippen LogP contribution in [0.4, 0.5) is 0 Å². The molecule has 0 saturated heterocycles. The van der Waals surface area contributed by atoms with Crippen molar-refractivity contribution in [2.45, 2.75) is 16.8 Å². The van der Waals surface area contributed by atoms with E-state index < -0.39 is 0 Å². The number of hydrogen-bond donors (Lipinski definition) is 0. The van der Waals surface area contributed by atoms with E-state index in [1.165, 1.54) is 10.5 Å². The molecule has 0 radical (unpaired) electrons. The quantitative estimate of drug-likeness (QED) is 0.541. The Labute approximate surface area is 139 Å². The first kappa shape index (κ1) is 14.0. The molecular weight excluding hydrogens is 302 g/mol. The summed E-state index contributed by atoms with van der Waals surface area (Å²) in [7, 11) is 0. The molecule has 3 nitrogen and oxygen atoms in total. The molecule has 0 atom stereocenters. The second kappa shape index (κ2) is 5.89. The molecule has 2 heterocycles. The van der Waals surface area contributed by atoms with E-state index in [9.17, 15) is 0 Å². The van der Waals surface area contributed by atoms with E-state index >= 15 is 0 Å². The van der Waals surface area contributed by atoms with E-state index in [0.717, 1.165) is 21.9 Å². The molecule has 2 aromatic carbocycles. The topological polar surface area (TPSA) is 30.2 Å². The molecule has 0 amide bonds. The van der Waals surface area contributed by atoms with Crippen LogP contribution in [-0.2, 0) is 0 Å². The summed E-state index contributed by atoms with van der Waals surface area (Å²) in [5.74, 6) is 0. The Morgan fingerprint density at radius 1 is 0.913 bits per heavy atom. The van der Waals surface area contributed by atoms with Gasteiger partial charge in [-0.2, -0.15) is 0 Å². The molecular formula is C19H15N3S. The van der Waals surface area contributed by atoms with E-state index in [1.54, 1.807) is 11.8 Å². The third-order valence-electron chi connectivity index (χ3n) is 3.68. The van der Waals surface area contributed by atoms with Gasteiger partial charge in [0.15, 0.2) is 5.65 Å². The smallest absolute Gasteiger partial charge is 0.164 e. The van der Waals surface area contributed by atoms with Gasteiger partial charge in [-0.25, -0.2) is 9.97 Å². The lowest BCUT2D eigenvalue weighted by Gasteiger charge is -2.08. The Kier molecular flexibility index (Phi) is 3.60. The van der Waals surface area contributed by atoms with Crippen molar-refractivity contribution in [2.24, 2.45) is 0 Å². The summed E-state index contributed by atoms with van der Waals surface area (Å²) in [5, 5.41) is 1.06. The Morgan fingerprint density at radius 3 is 2.48 bits per heavy atom. The van der Waals surface area contributed by atoms with E-state index in [4.69, 9.17) is 0 Å². The minimum atomic E-state index is 0.883. The predicted octanol–water partition coefficient (Wildman–Crippen LogP) is 4.86. The minimum absolute atomic E-state index is 0.883. The standard InChI is InChI=1S/C19H15N3S/c1-14-7-9-16(10-8-14)23-17-13-21-18(15-5-3-2-4-6-15)19-20-11-12-22(17)19/h2-13H,1H3. The van der Waals surface area contributed by atoms with Crippen LogP contribution in [0.2, 0.25) is 0 Å². The average molecular weight is 317 g/mol. The lowest BCUT2D eigenvalue weighted by Crippen LogP contribution is -1.95. The summed E-state index contributed by atoms with van der Waals surface area (Å²) >= 11 is 1.69. The molecule has 0 N–H and O–H groups in total. The van der Waals surface area contributed by atoms with Gasteiger partial charge in [-0.15, -0.1) is 0 Å². The largest absolute Gasteiger partial charge is 0.291 e. The van der Waals surface area contributed by atoms with Gasteiger partial charge in [0.25, 0.3) is 0 Å². The minimum Gasteiger partial charge on any atom is -0.291 e. The normalized spacial score (nSPS) is 11.0. The summed E-state index contributed by atoms with van der Waals surface area (Å²) in [4.78, 5) is 10.4. The molecule has 4 heteroatoms. The fraction of sp³-hybridized carbons (Fsp3) is 0.0526. The fourth-order valence-corrected chi connectivity index (χ4v) is 3.36. The fourth-order valence-electron chi connectivity index (χ4n) is 2.50. The molecule has 0 bridgehead atoms. The first-order valence-electron chi connectivity index (χ1n) is 7.43. The van der Waals surface area contributed by atoms with Gasteiger partial charge in [0.2, 0.25) is 0 Å². The Bertz CT molecular complexity index is 943. The van der Waals surface area contributed by atoms with E-state index in [2.05, 4.69) is 57.7 Å². The molecule has 4 rings (SSSR count). The summed E-state index contributed by atoms with van der Waals surface area (Å²) in [6, 6.07) is 18.7. The molecule has 2 aromatic heterocycles. The van der Waals surface area contributed by atoms with Crippen molar-refractivity contribution < 1.29 is 0 Å². The number of nitrogens with zero attached hydrogens (tertiary/aromatic N) is 3. The highest BCUT2D eigenvalue weighted by atomic mass is 32.2. The van der Waals surface area contributed by atoms with Crippen molar-refractivity contribution in [2.75, 3.05) is 0 Å². The van der Waals surface area contributed by atoms with Crippen LogP contribution in [0, 0.1) is 6.92 Å². The van der Waals surface area contributed by atoms with Gasteiger partial charge < -0.3 is 0 Å². The maximum atomic E-state index is 4.66. The summed E-state index contributed by atoms with van der Waals surface area (Å²) in [6.45, 7) is 2.10. The number of fused-ring (bicyclic) bond motifs is 1. The number of imidazole rings is 1. The van der Waals surface area contributed by atoms with Crippen molar-refractivity contribution in [3.63, 3.8) is 0 Å². The van der Waals surface area contributed by atoms with Gasteiger partial charge in [0, 0.05) is 22.9 Å². The van der Waals surface area contributed by atoms with Crippen LogP contribution in [0.5, 0.6) is 0 Å². The van der Waals surface area contributed by atoms with E-state index in [0.29, 0.717) is 0 Å². The van der Waals surface area contributed by atoms with Crippen LogP contribution in [-0.4, -0.2) is 14.4 Å². The summed E-state index contributed by atoms with van der Waals surface area (Å²) in [5.41, 5.74) is 4.13. The van der Waals surface area contributed by atoms with Crippen LogP contribution in [0.1, 0.15) is 5.56 Å². The van der Waals surface area contributed by atoms with Gasteiger partial charge in [-0.1, -0.05) is 59.8 Å². The molecule has 0 aliphatic carbocycles. The summed E-state index contributed by atoms with van der Waals surface area (Å²) < 4.78 is 2.10. The van der Waals surface area contributed by atoms with Crippen LogP contribution < -0.4 is 0 Å². The summed E-state index contributed by atoms with van der Waals surface area (Å²) in [6.07, 6.45) is 5.73. The molecule has 0 aliphatic heterocycles. The van der Waals surface area contributed by atoms with Crippen molar-refractivity contribution >= 4 is 17.4 Å². The van der Waals surface area contributed by atoms with Crippen LogP contribution in [0.3, 0.4) is 0 Å². The van der Waals surface area contributed by atoms with E-state index in [1.807, 2.05) is 36.8 Å². The zero-order valence-corrected chi connectivity index (χ0v) is 13.5. The third kappa shape index (κ3) is 2.73. The zero-order valence-electron chi connectivity index (χ0n) is 12.7. The Morgan fingerprint density at radius 2 is 1.70 bits per heavy atom. The van der Waals surface area contributed by atoms with Crippen LogP contribution >= 0.6 is 11.8 Å². The van der Waals surface area contributed by atoms with Crippen LogP contribution in [0.25, 0.3) is 16.9 Å². The zero-order chi connectivity index (χ0) is 15.6. The highest BCUT2D eigenvalue weighted by molar-refractivity contribution is 7.99. The number of aryl methyl sites for hydroxylation is 1. The maximum absolute atomic E-state index is 4.66. The lowest BCUT2D eigenvalue weighted by atomic mass is 10.1. The van der Waals surface area contributed by atoms with Gasteiger partial charge >= 0.3 is 0 Å². The number of rotatable bonds is 3. The second-order valence-electron chi connectivity index (χ2n) is 5.35. The first-order chi connectivity index (χ1) is 11.3. The molecule has 0 unspecified atom stereocenters. The SMILES string of the molecule is Cc1ccc(Sc2cnc(-c3ccccc3)c3nccn23)cc1. The Balaban J connectivity index is 1.78. The molecule has 0 saturated carbocycles. The number of hydrogen-bond acceptors (Lipinski definition) is 3. The molecule has 0 aliphatic rings. The van der Waals surface area contributed by atoms with Gasteiger partial charge in [0.1, 0.15) is 10.7 Å². The van der Waals surface area contributed by atoms with Gasteiger partial charge in [-0.05, 0) is 19.1 Å². The second-order valence-corrected chi connectivity index (χ2v) is 6.44. The van der Waals surface area contributed by atoms with Crippen LogP contribution in [0.15, 0.2) is 83.1 Å². The lowest BCUT2D eigenvalue weighted by molar-refractivity contribution is 0.984.